The predicted molar refractivity (Wildman–Crippen MR) is 91.2 cm³/mol. The third-order valence-corrected chi connectivity index (χ3v) is 6.17. The number of benzene rings is 1. The molecule has 1 saturated heterocycles. The van der Waals surface area contributed by atoms with Crippen LogP contribution >= 0.6 is 0 Å². The zero-order valence-corrected chi connectivity index (χ0v) is 13.7. The molecule has 0 radical (unpaired) electrons. The molecule has 1 amide bonds. The van der Waals surface area contributed by atoms with E-state index >= 15 is 0 Å². The number of nitrogens with one attached hydrogen (secondary N) is 3. The lowest BCUT2D eigenvalue weighted by Crippen LogP contribution is -2.50. The maximum absolute atomic E-state index is 13.0. The molecule has 124 valence electrons. The van der Waals surface area contributed by atoms with Crippen LogP contribution in [0.1, 0.15) is 42.9 Å². The second-order valence-corrected chi connectivity index (χ2v) is 7.40. The van der Waals surface area contributed by atoms with E-state index in [4.69, 9.17) is 0 Å². The number of amides is 1. The SMILES string of the molecule is O=C(NCC1NCCc2ccccc21)[C@@]12CCCC[C@H]1CNC2. The van der Waals surface area contributed by atoms with Crippen molar-refractivity contribution in [1.82, 2.24) is 16.0 Å². The van der Waals surface area contributed by atoms with Crippen molar-refractivity contribution >= 4 is 5.91 Å². The van der Waals surface area contributed by atoms with Gasteiger partial charge in [-0.05, 0) is 49.4 Å². The first-order valence-corrected chi connectivity index (χ1v) is 9.10. The number of carbonyl (C=O) groups is 1. The average Bonchev–Trinajstić information content (AvgIpc) is 3.05. The maximum Gasteiger partial charge on any atom is 0.227 e. The topological polar surface area (TPSA) is 53.2 Å². The van der Waals surface area contributed by atoms with E-state index in [2.05, 4.69) is 40.2 Å². The zero-order chi connectivity index (χ0) is 15.7. The van der Waals surface area contributed by atoms with Crippen LogP contribution in [0.3, 0.4) is 0 Å². The molecule has 2 fully saturated rings. The highest BCUT2D eigenvalue weighted by Crippen LogP contribution is 2.43. The first kappa shape index (κ1) is 15.2. The van der Waals surface area contributed by atoms with E-state index in [1.807, 2.05) is 0 Å². The Morgan fingerprint density at radius 2 is 2.22 bits per heavy atom. The fraction of sp³-hybridized carbons (Fsp3) is 0.632. The maximum atomic E-state index is 13.0. The van der Waals surface area contributed by atoms with Crippen molar-refractivity contribution < 1.29 is 4.79 Å². The summed E-state index contributed by atoms with van der Waals surface area (Å²) in [5.41, 5.74) is 2.62. The first-order chi connectivity index (χ1) is 11.3. The van der Waals surface area contributed by atoms with Crippen LogP contribution in [-0.2, 0) is 11.2 Å². The van der Waals surface area contributed by atoms with Crippen LogP contribution in [0.25, 0.3) is 0 Å². The molecule has 1 saturated carbocycles. The van der Waals surface area contributed by atoms with E-state index in [1.54, 1.807) is 0 Å². The van der Waals surface area contributed by atoms with Crippen LogP contribution in [0.2, 0.25) is 0 Å². The van der Waals surface area contributed by atoms with E-state index in [0.717, 1.165) is 32.5 Å². The molecule has 0 spiro atoms. The third kappa shape index (κ3) is 2.68. The summed E-state index contributed by atoms with van der Waals surface area (Å²) in [7, 11) is 0. The van der Waals surface area contributed by atoms with Crippen molar-refractivity contribution in [3.63, 3.8) is 0 Å². The van der Waals surface area contributed by atoms with Gasteiger partial charge in [0, 0.05) is 19.1 Å². The Labute approximate surface area is 138 Å². The van der Waals surface area contributed by atoms with Crippen molar-refractivity contribution in [2.75, 3.05) is 26.2 Å². The molecular weight excluding hydrogens is 286 g/mol. The van der Waals surface area contributed by atoms with E-state index < -0.39 is 0 Å². The minimum absolute atomic E-state index is 0.146. The molecule has 1 aromatic rings. The predicted octanol–water partition coefficient (Wildman–Crippen LogP) is 1.77. The standard InChI is InChI=1S/C19H27N3O/c23-18(19-9-4-3-6-15(19)11-20-13-19)22-12-17-16-7-2-1-5-14(16)8-10-21-17/h1-2,5,7,15,17,20-21H,3-4,6,8-13H2,(H,22,23)/t15-,17?,19+/m0/s1. The van der Waals surface area contributed by atoms with Crippen molar-refractivity contribution in [3.05, 3.63) is 35.4 Å². The van der Waals surface area contributed by atoms with Crippen molar-refractivity contribution in [1.29, 1.82) is 0 Å². The summed E-state index contributed by atoms with van der Waals surface area (Å²) >= 11 is 0. The van der Waals surface area contributed by atoms with Crippen LogP contribution in [0.15, 0.2) is 24.3 Å². The molecule has 3 aliphatic rings. The Hall–Kier alpha value is -1.39. The molecular formula is C19H27N3O. The molecule has 4 nitrogen and oxygen atoms in total. The van der Waals surface area contributed by atoms with Gasteiger partial charge in [0.2, 0.25) is 5.91 Å². The molecule has 2 heterocycles. The number of rotatable bonds is 3. The summed E-state index contributed by atoms with van der Waals surface area (Å²) in [4.78, 5) is 13.0. The quantitative estimate of drug-likeness (QED) is 0.797. The van der Waals surface area contributed by atoms with Crippen LogP contribution in [-0.4, -0.2) is 32.1 Å². The van der Waals surface area contributed by atoms with Gasteiger partial charge in [-0.25, -0.2) is 0 Å². The minimum atomic E-state index is -0.146. The summed E-state index contributed by atoms with van der Waals surface area (Å²) in [6.07, 6.45) is 5.79. The summed E-state index contributed by atoms with van der Waals surface area (Å²) < 4.78 is 0. The van der Waals surface area contributed by atoms with Gasteiger partial charge in [0.15, 0.2) is 0 Å². The smallest absolute Gasteiger partial charge is 0.227 e. The molecule has 23 heavy (non-hydrogen) atoms. The largest absolute Gasteiger partial charge is 0.354 e. The molecule has 1 aromatic carbocycles. The highest BCUT2D eigenvalue weighted by Gasteiger charge is 2.49. The fourth-order valence-corrected chi connectivity index (χ4v) is 4.84. The zero-order valence-electron chi connectivity index (χ0n) is 13.7. The van der Waals surface area contributed by atoms with Gasteiger partial charge >= 0.3 is 0 Å². The third-order valence-electron chi connectivity index (χ3n) is 6.17. The lowest BCUT2D eigenvalue weighted by atomic mass is 9.67. The second kappa shape index (κ2) is 6.25. The van der Waals surface area contributed by atoms with E-state index in [-0.39, 0.29) is 17.4 Å². The van der Waals surface area contributed by atoms with E-state index in [0.29, 0.717) is 12.5 Å². The molecule has 3 N–H and O–H groups in total. The normalized spacial score (nSPS) is 32.9. The highest BCUT2D eigenvalue weighted by molar-refractivity contribution is 5.84. The average molecular weight is 313 g/mol. The lowest BCUT2D eigenvalue weighted by Gasteiger charge is -2.37. The first-order valence-electron chi connectivity index (χ1n) is 9.10. The minimum Gasteiger partial charge on any atom is -0.354 e. The van der Waals surface area contributed by atoms with Gasteiger partial charge in [-0.15, -0.1) is 0 Å². The Morgan fingerprint density at radius 3 is 3.17 bits per heavy atom. The van der Waals surface area contributed by atoms with Crippen LogP contribution in [0.4, 0.5) is 0 Å². The van der Waals surface area contributed by atoms with Gasteiger partial charge in [-0.1, -0.05) is 37.1 Å². The number of carbonyl (C=O) groups excluding carboxylic acids is 1. The van der Waals surface area contributed by atoms with Gasteiger partial charge in [-0.3, -0.25) is 4.79 Å². The summed E-state index contributed by atoms with van der Waals surface area (Å²) in [6.45, 7) is 3.56. The van der Waals surface area contributed by atoms with Crippen molar-refractivity contribution in [3.8, 4) is 0 Å². The van der Waals surface area contributed by atoms with Gasteiger partial charge in [0.05, 0.1) is 5.41 Å². The Balaban J connectivity index is 1.44. The van der Waals surface area contributed by atoms with Crippen LogP contribution in [0.5, 0.6) is 0 Å². The monoisotopic (exact) mass is 313 g/mol. The summed E-state index contributed by atoms with van der Waals surface area (Å²) in [5, 5.41) is 10.3. The Kier molecular flexibility index (Phi) is 4.12. The van der Waals surface area contributed by atoms with Crippen molar-refractivity contribution in [2.24, 2.45) is 11.3 Å². The molecule has 4 rings (SSSR count). The summed E-state index contributed by atoms with van der Waals surface area (Å²) in [6, 6.07) is 8.85. The fourth-order valence-electron chi connectivity index (χ4n) is 4.84. The van der Waals surface area contributed by atoms with Crippen LogP contribution in [0, 0.1) is 11.3 Å². The number of hydrogen-bond acceptors (Lipinski definition) is 3. The molecule has 3 atom stereocenters. The van der Waals surface area contributed by atoms with Gasteiger partial charge in [-0.2, -0.15) is 0 Å². The van der Waals surface area contributed by atoms with E-state index in [1.165, 1.54) is 30.4 Å². The summed E-state index contributed by atoms with van der Waals surface area (Å²) in [5.74, 6) is 0.805. The Bertz CT molecular complexity index is 588. The van der Waals surface area contributed by atoms with Gasteiger partial charge in [0.1, 0.15) is 0 Å². The second-order valence-electron chi connectivity index (χ2n) is 7.40. The van der Waals surface area contributed by atoms with Gasteiger partial charge < -0.3 is 16.0 Å². The highest BCUT2D eigenvalue weighted by atomic mass is 16.2. The molecule has 1 unspecified atom stereocenters. The molecule has 1 aliphatic carbocycles. The number of fused-ring (bicyclic) bond motifs is 2. The molecule has 2 aliphatic heterocycles. The van der Waals surface area contributed by atoms with Crippen LogP contribution < -0.4 is 16.0 Å². The lowest BCUT2D eigenvalue weighted by molar-refractivity contribution is -0.134. The van der Waals surface area contributed by atoms with Gasteiger partial charge in [0.25, 0.3) is 0 Å². The number of hydrogen-bond donors (Lipinski definition) is 3. The molecule has 0 bridgehead atoms. The molecule has 0 aromatic heterocycles. The Morgan fingerprint density at radius 1 is 1.30 bits per heavy atom. The van der Waals surface area contributed by atoms with Crippen molar-refractivity contribution in [2.45, 2.75) is 38.1 Å². The van der Waals surface area contributed by atoms with E-state index in [9.17, 15) is 4.79 Å². The molecule has 4 heteroatoms.